The number of hydrogen-bond donors (Lipinski definition) is 1. The van der Waals surface area contributed by atoms with Crippen molar-refractivity contribution in [2.75, 3.05) is 5.32 Å². The first kappa shape index (κ1) is 18.6. The van der Waals surface area contributed by atoms with Crippen molar-refractivity contribution in [2.45, 2.75) is 67.1 Å². The summed E-state index contributed by atoms with van der Waals surface area (Å²) in [4.78, 5) is 0. The van der Waals surface area contributed by atoms with E-state index >= 15 is 0 Å². The van der Waals surface area contributed by atoms with E-state index in [9.17, 15) is 0 Å². The van der Waals surface area contributed by atoms with E-state index in [-0.39, 0.29) is 24.0 Å². The van der Waals surface area contributed by atoms with Gasteiger partial charge in [0.15, 0.2) is 6.29 Å². The molecule has 23 heavy (non-hydrogen) atoms. The molecule has 0 saturated carbocycles. The summed E-state index contributed by atoms with van der Waals surface area (Å²) in [6, 6.07) is 5.89. The van der Waals surface area contributed by atoms with E-state index in [1.165, 1.54) is 0 Å². The van der Waals surface area contributed by atoms with E-state index in [0.29, 0.717) is 11.8 Å². The van der Waals surface area contributed by atoms with Crippen LogP contribution in [0, 0.1) is 24.2 Å². The van der Waals surface area contributed by atoms with E-state index in [0.717, 1.165) is 16.3 Å². The lowest BCUT2D eigenvalue weighted by Gasteiger charge is -2.50. The lowest BCUT2D eigenvalue weighted by molar-refractivity contribution is -0.308. The van der Waals surface area contributed by atoms with Crippen molar-refractivity contribution in [1.29, 1.82) is 0 Å². The summed E-state index contributed by atoms with van der Waals surface area (Å²) < 4.78 is 12.5. The largest absolute Gasteiger partial charge is 0.359 e. The Morgan fingerprint density at radius 1 is 1.09 bits per heavy atom. The van der Waals surface area contributed by atoms with Gasteiger partial charge in [0.2, 0.25) is 0 Å². The Balaban J connectivity index is 2.29. The summed E-state index contributed by atoms with van der Waals surface area (Å²) >= 11 is 6.07. The molecule has 0 aliphatic carbocycles. The highest BCUT2D eigenvalue weighted by atomic mass is 35.5. The molecule has 0 bridgehead atoms. The molecular weight excluding hydrogens is 310 g/mol. The first-order valence-corrected chi connectivity index (χ1v) is 8.84. The molecule has 1 N–H and O–H groups in total. The van der Waals surface area contributed by atoms with E-state index in [4.69, 9.17) is 21.1 Å². The first-order chi connectivity index (χ1) is 10.6. The summed E-state index contributed by atoms with van der Waals surface area (Å²) in [6.45, 7) is 15.1. The molecule has 1 aliphatic rings. The maximum atomic E-state index is 6.27. The van der Waals surface area contributed by atoms with Gasteiger partial charge in [-0.3, -0.25) is 0 Å². The molecule has 4 heteroatoms. The van der Waals surface area contributed by atoms with Crippen molar-refractivity contribution in [3.8, 4) is 0 Å². The standard InChI is InChI=1S/C19H30ClNO2/c1-11(2)16-19(6,7)18(23-17(22-16)12(3)4)21-15-9-8-14(20)10-13(15)5/h8-12,16-18,21H,1-7H3/t16-,17-,18-/m1/s1. The van der Waals surface area contributed by atoms with Gasteiger partial charge >= 0.3 is 0 Å². The Morgan fingerprint density at radius 2 is 1.74 bits per heavy atom. The fourth-order valence-electron chi connectivity index (χ4n) is 3.29. The smallest absolute Gasteiger partial charge is 0.162 e. The second-order valence-corrected chi connectivity index (χ2v) is 8.29. The molecule has 0 aromatic heterocycles. The van der Waals surface area contributed by atoms with Crippen molar-refractivity contribution < 1.29 is 9.47 Å². The van der Waals surface area contributed by atoms with Crippen LogP contribution in [0.5, 0.6) is 0 Å². The second kappa shape index (κ2) is 7.00. The Hall–Kier alpha value is -0.770. The minimum atomic E-state index is -0.194. The van der Waals surface area contributed by atoms with Gasteiger partial charge in [0.05, 0.1) is 6.10 Å². The van der Waals surface area contributed by atoms with Crippen LogP contribution in [0.1, 0.15) is 47.1 Å². The van der Waals surface area contributed by atoms with Crippen molar-refractivity contribution >= 4 is 17.3 Å². The normalized spacial score (nSPS) is 27.5. The number of aryl methyl sites for hydroxylation is 1. The number of halogens is 1. The molecule has 1 fully saturated rings. The average molecular weight is 340 g/mol. The van der Waals surface area contributed by atoms with Crippen LogP contribution in [0.2, 0.25) is 5.02 Å². The summed E-state index contributed by atoms with van der Waals surface area (Å²) in [6.07, 6.45) is -0.176. The van der Waals surface area contributed by atoms with Crippen LogP contribution in [-0.2, 0) is 9.47 Å². The van der Waals surface area contributed by atoms with Gasteiger partial charge in [-0.15, -0.1) is 0 Å². The lowest BCUT2D eigenvalue weighted by Crippen LogP contribution is -2.57. The van der Waals surface area contributed by atoms with Crippen molar-refractivity contribution in [3.05, 3.63) is 28.8 Å². The van der Waals surface area contributed by atoms with Crippen LogP contribution < -0.4 is 5.32 Å². The molecule has 2 rings (SSSR count). The van der Waals surface area contributed by atoms with E-state index in [2.05, 4.69) is 53.8 Å². The Kier molecular flexibility index (Phi) is 5.65. The highest BCUT2D eigenvalue weighted by Crippen LogP contribution is 2.41. The summed E-state index contributed by atoms with van der Waals surface area (Å²) in [5.74, 6) is 0.730. The third-order valence-electron chi connectivity index (χ3n) is 4.58. The molecule has 1 saturated heterocycles. The Bertz CT molecular complexity index is 542. The average Bonchev–Trinajstić information content (AvgIpc) is 2.42. The number of rotatable bonds is 4. The highest BCUT2D eigenvalue weighted by Gasteiger charge is 2.47. The minimum absolute atomic E-state index is 0.115. The van der Waals surface area contributed by atoms with Crippen LogP contribution in [0.3, 0.4) is 0 Å². The Labute approximate surface area is 145 Å². The van der Waals surface area contributed by atoms with Crippen LogP contribution in [0.15, 0.2) is 18.2 Å². The summed E-state index contributed by atoms with van der Waals surface area (Å²) in [5, 5.41) is 4.33. The topological polar surface area (TPSA) is 30.5 Å². The van der Waals surface area contributed by atoms with Crippen molar-refractivity contribution in [3.63, 3.8) is 0 Å². The predicted octanol–water partition coefficient (Wildman–Crippen LogP) is 5.47. The number of anilines is 1. The third kappa shape index (κ3) is 4.01. The molecule has 1 heterocycles. The number of nitrogens with one attached hydrogen (secondary N) is 1. The molecule has 0 amide bonds. The van der Waals surface area contributed by atoms with Gasteiger partial charge in [-0.05, 0) is 36.6 Å². The minimum Gasteiger partial charge on any atom is -0.359 e. The van der Waals surface area contributed by atoms with E-state index < -0.39 is 0 Å². The summed E-state index contributed by atoms with van der Waals surface area (Å²) in [7, 11) is 0. The monoisotopic (exact) mass is 339 g/mol. The maximum Gasteiger partial charge on any atom is 0.162 e. The molecule has 3 atom stereocenters. The van der Waals surface area contributed by atoms with E-state index in [1.807, 2.05) is 18.2 Å². The van der Waals surface area contributed by atoms with Gasteiger partial charge in [0, 0.05) is 22.0 Å². The van der Waals surface area contributed by atoms with Crippen molar-refractivity contribution in [1.82, 2.24) is 0 Å². The van der Waals surface area contributed by atoms with Gasteiger partial charge in [0.1, 0.15) is 6.23 Å². The fraction of sp³-hybridized carbons (Fsp3) is 0.684. The zero-order valence-electron chi connectivity index (χ0n) is 15.3. The van der Waals surface area contributed by atoms with Crippen molar-refractivity contribution in [2.24, 2.45) is 17.3 Å². The number of benzene rings is 1. The molecule has 0 radical (unpaired) electrons. The zero-order chi connectivity index (χ0) is 17.4. The molecule has 3 nitrogen and oxygen atoms in total. The highest BCUT2D eigenvalue weighted by molar-refractivity contribution is 6.30. The molecule has 0 unspecified atom stereocenters. The second-order valence-electron chi connectivity index (χ2n) is 7.85. The number of hydrogen-bond acceptors (Lipinski definition) is 3. The van der Waals surface area contributed by atoms with Gasteiger partial charge in [-0.2, -0.15) is 0 Å². The fourth-order valence-corrected chi connectivity index (χ4v) is 3.52. The number of ether oxygens (including phenoxy) is 2. The molecule has 1 aromatic rings. The first-order valence-electron chi connectivity index (χ1n) is 8.46. The quantitative estimate of drug-likeness (QED) is 0.789. The molecule has 1 aliphatic heterocycles. The Morgan fingerprint density at radius 3 is 2.26 bits per heavy atom. The molecule has 130 valence electrons. The van der Waals surface area contributed by atoms with E-state index in [1.54, 1.807) is 0 Å². The summed E-state index contributed by atoms with van der Waals surface area (Å²) in [5.41, 5.74) is 2.02. The van der Waals surface area contributed by atoms with Gasteiger partial charge in [0.25, 0.3) is 0 Å². The lowest BCUT2D eigenvalue weighted by atomic mass is 9.77. The van der Waals surface area contributed by atoms with Gasteiger partial charge in [-0.25, -0.2) is 0 Å². The van der Waals surface area contributed by atoms with Crippen LogP contribution >= 0.6 is 11.6 Å². The van der Waals surface area contributed by atoms with Gasteiger partial charge in [-0.1, -0.05) is 53.1 Å². The van der Waals surface area contributed by atoms with Gasteiger partial charge < -0.3 is 14.8 Å². The zero-order valence-corrected chi connectivity index (χ0v) is 16.1. The predicted molar refractivity (Wildman–Crippen MR) is 96.8 cm³/mol. The van der Waals surface area contributed by atoms with Crippen LogP contribution in [0.4, 0.5) is 5.69 Å². The SMILES string of the molecule is Cc1cc(Cl)ccc1N[C@@H]1O[C@H](C(C)C)O[C@H](C(C)C)C1(C)C. The molecule has 1 aromatic carbocycles. The van der Waals surface area contributed by atoms with Crippen LogP contribution in [-0.4, -0.2) is 18.6 Å². The maximum absolute atomic E-state index is 6.27. The van der Waals surface area contributed by atoms with Crippen LogP contribution in [0.25, 0.3) is 0 Å². The molecular formula is C19H30ClNO2. The molecule has 0 spiro atoms. The third-order valence-corrected chi connectivity index (χ3v) is 4.82.